The lowest BCUT2D eigenvalue weighted by Gasteiger charge is -2.22. The molecule has 0 bridgehead atoms. The molecule has 21 heavy (non-hydrogen) atoms. The molecule has 0 aromatic carbocycles. The van der Waals surface area contributed by atoms with E-state index in [1.807, 2.05) is 17.9 Å². The molecule has 2 heterocycles. The molecule has 0 spiro atoms. The highest BCUT2D eigenvalue weighted by molar-refractivity contribution is 5.99. The van der Waals surface area contributed by atoms with Crippen LogP contribution in [-0.2, 0) is 0 Å². The van der Waals surface area contributed by atoms with Crippen LogP contribution in [0.15, 0.2) is 18.5 Å². The molecule has 0 aliphatic carbocycles. The number of nitrogens with zero attached hydrogens (tertiary/aromatic N) is 2. The van der Waals surface area contributed by atoms with Crippen LogP contribution in [0.25, 0.3) is 0 Å². The minimum atomic E-state index is 0.137. The summed E-state index contributed by atoms with van der Waals surface area (Å²) < 4.78 is 0. The standard InChI is InChI=1S/C17H27N3O/c1-4-19-16-12-18-9-7-15(16)17(21)20-10-5-6-14(8-11-20)13(2)3/h7,9,12-14,19H,4-6,8,10-11H2,1-3H3. The van der Waals surface area contributed by atoms with Crippen LogP contribution in [0, 0.1) is 11.8 Å². The van der Waals surface area contributed by atoms with Gasteiger partial charge in [-0.2, -0.15) is 0 Å². The molecule has 2 rings (SSSR count). The van der Waals surface area contributed by atoms with Crippen molar-refractivity contribution in [2.45, 2.75) is 40.0 Å². The van der Waals surface area contributed by atoms with Crippen LogP contribution in [0.4, 0.5) is 5.69 Å². The number of amides is 1. The van der Waals surface area contributed by atoms with Crippen molar-refractivity contribution in [3.63, 3.8) is 0 Å². The first-order valence-electron chi connectivity index (χ1n) is 8.10. The fraction of sp³-hybridized carbons (Fsp3) is 0.647. The van der Waals surface area contributed by atoms with E-state index in [0.717, 1.165) is 49.6 Å². The van der Waals surface area contributed by atoms with Crippen molar-refractivity contribution in [2.24, 2.45) is 11.8 Å². The van der Waals surface area contributed by atoms with Crippen molar-refractivity contribution >= 4 is 11.6 Å². The van der Waals surface area contributed by atoms with E-state index in [4.69, 9.17) is 0 Å². The summed E-state index contributed by atoms with van der Waals surface area (Å²) in [4.78, 5) is 18.9. The average Bonchev–Trinajstić information content (AvgIpc) is 2.73. The fourth-order valence-corrected chi connectivity index (χ4v) is 3.07. The van der Waals surface area contributed by atoms with E-state index >= 15 is 0 Å². The Hall–Kier alpha value is -1.58. The third kappa shape index (κ3) is 3.96. The average molecular weight is 289 g/mol. The van der Waals surface area contributed by atoms with Gasteiger partial charge in [0.1, 0.15) is 0 Å². The quantitative estimate of drug-likeness (QED) is 0.924. The zero-order valence-corrected chi connectivity index (χ0v) is 13.4. The Kier molecular flexibility index (Phi) is 5.59. The molecule has 116 valence electrons. The van der Waals surface area contributed by atoms with Gasteiger partial charge in [0.15, 0.2) is 0 Å². The molecule has 1 amide bonds. The van der Waals surface area contributed by atoms with Crippen molar-refractivity contribution < 1.29 is 4.79 Å². The third-order valence-electron chi connectivity index (χ3n) is 4.42. The van der Waals surface area contributed by atoms with E-state index in [-0.39, 0.29) is 5.91 Å². The second kappa shape index (κ2) is 7.43. The Balaban J connectivity index is 2.09. The molecule has 0 radical (unpaired) electrons. The summed E-state index contributed by atoms with van der Waals surface area (Å²) in [6, 6.07) is 1.82. The molecule has 1 atom stereocenters. The molecular formula is C17H27N3O. The SMILES string of the molecule is CCNc1cnccc1C(=O)N1CCCC(C(C)C)CC1. The predicted molar refractivity (Wildman–Crippen MR) is 86.5 cm³/mol. The van der Waals surface area contributed by atoms with Crippen LogP contribution in [-0.4, -0.2) is 35.4 Å². The van der Waals surface area contributed by atoms with Gasteiger partial charge in [-0.3, -0.25) is 9.78 Å². The van der Waals surface area contributed by atoms with E-state index in [2.05, 4.69) is 24.1 Å². The Morgan fingerprint density at radius 1 is 1.43 bits per heavy atom. The molecule has 1 aliphatic rings. The zero-order valence-electron chi connectivity index (χ0n) is 13.4. The van der Waals surface area contributed by atoms with Gasteiger partial charge in [0.05, 0.1) is 17.4 Å². The van der Waals surface area contributed by atoms with E-state index in [1.54, 1.807) is 12.4 Å². The number of anilines is 1. The smallest absolute Gasteiger partial charge is 0.256 e. The highest BCUT2D eigenvalue weighted by Crippen LogP contribution is 2.26. The summed E-state index contributed by atoms with van der Waals surface area (Å²) in [5.74, 6) is 1.59. The van der Waals surface area contributed by atoms with Gasteiger partial charge in [-0.15, -0.1) is 0 Å². The lowest BCUT2D eigenvalue weighted by atomic mass is 9.89. The Bertz CT molecular complexity index is 473. The van der Waals surface area contributed by atoms with Gasteiger partial charge < -0.3 is 10.2 Å². The zero-order chi connectivity index (χ0) is 15.2. The maximum absolute atomic E-state index is 12.8. The molecule has 1 fully saturated rings. The lowest BCUT2D eigenvalue weighted by molar-refractivity contribution is 0.0759. The van der Waals surface area contributed by atoms with Crippen molar-refractivity contribution in [1.82, 2.24) is 9.88 Å². The molecule has 4 nitrogen and oxygen atoms in total. The van der Waals surface area contributed by atoms with Crippen molar-refractivity contribution in [3.8, 4) is 0 Å². The number of nitrogens with one attached hydrogen (secondary N) is 1. The van der Waals surface area contributed by atoms with Crippen LogP contribution < -0.4 is 5.32 Å². The number of aromatic nitrogens is 1. The molecule has 1 aromatic rings. The summed E-state index contributed by atoms with van der Waals surface area (Å²) >= 11 is 0. The number of likely N-dealkylation sites (tertiary alicyclic amines) is 1. The monoisotopic (exact) mass is 289 g/mol. The largest absolute Gasteiger partial charge is 0.383 e. The van der Waals surface area contributed by atoms with Crippen molar-refractivity contribution in [1.29, 1.82) is 0 Å². The van der Waals surface area contributed by atoms with Gasteiger partial charge in [0.2, 0.25) is 0 Å². The van der Waals surface area contributed by atoms with Crippen LogP contribution >= 0.6 is 0 Å². The fourth-order valence-electron chi connectivity index (χ4n) is 3.07. The van der Waals surface area contributed by atoms with Gasteiger partial charge >= 0.3 is 0 Å². The molecule has 1 unspecified atom stereocenters. The van der Waals surface area contributed by atoms with Gasteiger partial charge in [0.25, 0.3) is 5.91 Å². The summed E-state index contributed by atoms with van der Waals surface area (Å²) in [5, 5.41) is 3.23. The first-order valence-corrected chi connectivity index (χ1v) is 8.10. The van der Waals surface area contributed by atoms with E-state index in [0.29, 0.717) is 5.92 Å². The van der Waals surface area contributed by atoms with E-state index in [1.165, 1.54) is 6.42 Å². The molecular weight excluding hydrogens is 262 g/mol. The predicted octanol–water partition coefficient (Wildman–Crippen LogP) is 3.41. The Morgan fingerprint density at radius 3 is 2.95 bits per heavy atom. The Labute approximate surface area is 127 Å². The van der Waals surface area contributed by atoms with Crippen molar-refractivity contribution in [3.05, 3.63) is 24.0 Å². The topological polar surface area (TPSA) is 45.2 Å². The number of hydrogen-bond donors (Lipinski definition) is 1. The normalized spacial score (nSPS) is 19.4. The van der Waals surface area contributed by atoms with Gasteiger partial charge in [-0.25, -0.2) is 0 Å². The van der Waals surface area contributed by atoms with Crippen LogP contribution in [0.1, 0.15) is 50.4 Å². The first-order chi connectivity index (χ1) is 10.1. The Morgan fingerprint density at radius 2 is 2.24 bits per heavy atom. The van der Waals surface area contributed by atoms with Crippen LogP contribution in [0.3, 0.4) is 0 Å². The molecule has 1 aliphatic heterocycles. The number of carbonyl (C=O) groups is 1. The third-order valence-corrected chi connectivity index (χ3v) is 4.42. The number of carbonyl (C=O) groups excluding carboxylic acids is 1. The molecule has 4 heteroatoms. The van der Waals surface area contributed by atoms with Gasteiger partial charge in [-0.05, 0) is 44.1 Å². The number of hydrogen-bond acceptors (Lipinski definition) is 3. The van der Waals surface area contributed by atoms with E-state index < -0.39 is 0 Å². The van der Waals surface area contributed by atoms with Gasteiger partial charge in [0, 0.05) is 25.8 Å². The highest BCUT2D eigenvalue weighted by Gasteiger charge is 2.24. The minimum Gasteiger partial charge on any atom is -0.383 e. The lowest BCUT2D eigenvalue weighted by Crippen LogP contribution is -2.32. The van der Waals surface area contributed by atoms with Gasteiger partial charge in [-0.1, -0.05) is 13.8 Å². The number of rotatable bonds is 4. The highest BCUT2D eigenvalue weighted by atomic mass is 16.2. The maximum atomic E-state index is 12.8. The summed E-state index contributed by atoms with van der Waals surface area (Å²) in [6.45, 7) is 9.13. The summed E-state index contributed by atoms with van der Waals surface area (Å²) in [7, 11) is 0. The van der Waals surface area contributed by atoms with Crippen molar-refractivity contribution in [2.75, 3.05) is 25.0 Å². The maximum Gasteiger partial charge on any atom is 0.256 e. The first kappa shape index (κ1) is 15.8. The van der Waals surface area contributed by atoms with Crippen LogP contribution in [0.5, 0.6) is 0 Å². The van der Waals surface area contributed by atoms with E-state index in [9.17, 15) is 4.79 Å². The second-order valence-corrected chi connectivity index (χ2v) is 6.18. The van der Waals surface area contributed by atoms with Crippen LogP contribution in [0.2, 0.25) is 0 Å². The molecule has 1 N–H and O–H groups in total. The second-order valence-electron chi connectivity index (χ2n) is 6.18. The molecule has 0 saturated carbocycles. The minimum absolute atomic E-state index is 0.137. The summed E-state index contributed by atoms with van der Waals surface area (Å²) in [5.41, 5.74) is 1.59. The molecule has 1 saturated heterocycles. The number of pyridine rings is 1. The molecule has 1 aromatic heterocycles. The summed E-state index contributed by atoms with van der Waals surface area (Å²) in [6.07, 6.45) is 6.90.